The summed E-state index contributed by atoms with van der Waals surface area (Å²) in [6.45, 7) is 7.08. The first-order valence-electron chi connectivity index (χ1n) is 8.78. The number of fused-ring (bicyclic) bond motifs is 2. The topological polar surface area (TPSA) is 67.9 Å². The minimum Gasteiger partial charge on any atom is -0.459 e. The predicted molar refractivity (Wildman–Crippen MR) is 92.9 cm³/mol. The lowest BCUT2D eigenvalue weighted by molar-refractivity contribution is -0.151. The molecule has 3 rings (SSSR count). The van der Waals surface area contributed by atoms with Gasteiger partial charge in [-0.25, -0.2) is 9.59 Å². The molecule has 0 aromatic heterocycles. The number of benzene rings is 1. The third-order valence-corrected chi connectivity index (χ3v) is 4.57. The fourth-order valence-corrected chi connectivity index (χ4v) is 3.56. The minimum atomic E-state index is -0.598. The third-order valence-electron chi connectivity index (χ3n) is 4.57. The van der Waals surface area contributed by atoms with Gasteiger partial charge >= 0.3 is 12.1 Å². The molecule has 136 valence electrons. The van der Waals surface area contributed by atoms with Gasteiger partial charge in [-0.15, -0.1) is 0 Å². The van der Waals surface area contributed by atoms with Crippen LogP contribution in [0.15, 0.2) is 30.3 Å². The summed E-state index contributed by atoms with van der Waals surface area (Å²) in [6.07, 6.45) is 0.363. The summed E-state index contributed by atoms with van der Waals surface area (Å²) in [7, 11) is 0. The summed E-state index contributed by atoms with van der Waals surface area (Å²) in [5.74, 6) is -0.291. The van der Waals surface area contributed by atoms with Crippen molar-refractivity contribution in [3.8, 4) is 0 Å². The molecule has 1 aromatic carbocycles. The van der Waals surface area contributed by atoms with E-state index in [0.717, 1.165) is 12.0 Å². The van der Waals surface area contributed by atoms with Crippen molar-refractivity contribution in [3.05, 3.63) is 35.9 Å². The largest absolute Gasteiger partial charge is 0.459 e. The van der Waals surface area contributed by atoms with Gasteiger partial charge in [-0.2, -0.15) is 0 Å². The standard InChI is InChI=1S/C19H26N2O4/c1-19(2,3)25-18(23)21-15-9-14(10-20-11-15)16(21)17(22)24-12-13-7-5-4-6-8-13/h4-8,14-16,20H,9-12H2,1-3H3/t14-,15-,16+/m1/s1. The van der Waals surface area contributed by atoms with Crippen molar-refractivity contribution in [1.82, 2.24) is 10.2 Å². The number of amides is 1. The molecule has 2 saturated heterocycles. The molecule has 6 nitrogen and oxygen atoms in total. The molecule has 1 N–H and O–H groups in total. The molecule has 2 bridgehead atoms. The zero-order valence-corrected chi connectivity index (χ0v) is 15.0. The number of ether oxygens (including phenoxy) is 2. The Kier molecular flexibility index (Phi) is 4.99. The molecule has 2 heterocycles. The Bertz CT molecular complexity index is 626. The van der Waals surface area contributed by atoms with E-state index in [-0.39, 0.29) is 24.5 Å². The van der Waals surface area contributed by atoms with E-state index in [1.165, 1.54) is 0 Å². The molecule has 2 fully saturated rings. The molecule has 2 aliphatic rings. The van der Waals surface area contributed by atoms with E-state index in [4.69, 9.17) is 9.47 Å². The quantitative estimate of drug-likeness (QED) is 0.851. The van der Waals surface area contributed by atoms with Crippen LogP contribution in [0.5, 0.6) is 0 Å². The van der Waals surface area contributed by atoms with E-state index >= 15 is 0 Å². The second-order valence-electron chi connectivity index (χ2n) is 7.73. The fourth-order valence-electron chi connectivity index (χ4n) is 3.56. The van der Waals surface area contributed by atoms with Crippen molar-refractivity contribution in [3.63, 3.8) is 0 Å². The van der Waals surface area contributed by atoms with Gasteiger partial charge in [0.25, 0.3) is 0 Å². The van der Waals surface area contributed by atoms with Crippen LogP contribution in [0.2, 0.25) is 0 Å². The van der Waals surface area contributed by atoms with E-state index in [9.17, 15) is 9.59 Å². The maximum atomic E-state index is 12.7. The Hall–Kier alpha value is -2.08. The normalized spacial score (nSPS) is 25.6. The number of hydrogen-bond acceptors (Lipinski definition) is 5. The Morgan fingerprint density at radius 1 is 1.20 bits per heavy atom. The molecule has 2 aliphatic heterocycles. The molecular weight excluding hydrogens is 320 g/mol. The van der Waals surface area contributed by atoms with Crippen molar-refractivity contribution in [2.75, 3.05) is 13.1 Å². The molecular formula is C19H26N2O4. The molecule has 1 amide bonds. The molecule has 0 spiro atoms. The van der Waals surface area contributed by atoms with Crippen LogP contribution >= 0.6 is 0 Å². The number of nitrogens with one attached hydrogen (secondary N) is 1. The number of hydrogen-bond donors (Lipinski definition) is 1. The zero-order valence-electron chi connectivity index (χ0n) is 15.0. The van der Waals surface area contributed by atoms with Crippen LogP contribution in [-0.4, -0.2) is 47.7 Å². The average molecular weight is 346 g/mol. The highest BCUT2D eigenvalue weighted by Gasteiger charge is 2.51. The highest BCUT2D eigenvalue weighted by molar-refractivity contribution is 5.83. The average Bonchev–Trinajstić information content (AvgIpc) is 2.82. The van der Waals surface area contributed by atoms with Gasteiger partial charge < -0.3 is 14.8 Å². The van der Waals surface area contributed by atoms with Gasteiger partial charge in [0.15, 0.2) is 0 Å². The Morgan fingerprint density at radius 3 is 2.60 bits per heavy atom. The van der Waals surface area contributed by atoms with Crippen LogP contribution in [0.3, 0.4) is 0 Å². The number of nitrogens with zero attached hydrogens (tertiary/aromatic N) is 1. The van der Waals surface area contributed by atoms with Gasteiger partial charge in [-0.3, -0.25) is 4.90 Å². The van der Waals surface area contributed by atoms with Gasteiger partial charge in [0, 0.05) is 25.0 Å². The van der Waals surface area contributed by atoms with Crippen LogP contribution < -0.4 is 5.32 Å². The summed E-state index contributed by atoms with van der Waals surface area (Å²) in [5, 5.41) is 3.30. The van der Waals surface area contributed by atoms with Crippen LogP contribution in [0.1, 0.15) is 32.8 Å². The first-order valence-corrected chi connectivity index (χ1v) is 8.78. The minimum absolute atomic E-state index is 0.0251. The maximum absolute atomic E-state index is 12.7. The van der Waals surface area contributed by atoms with Crippen molar-refractivity contribution < 1.29 is 19.1 Å². The van der Waals surface area contributed by atoms with E-state index in [1.807, 2.05) is 51.1 Å². The van der Waals surface area contributed by atoms with E-state index in [1.54, 1.807) is 4.90 Å². The molecule has 0 unspecified atom stereocenters. The van der Waals surface area contributed by atoms with Crippen LogP contribution in [0, 0.1) is 5.92 Å². The van der Waals surface area contributed by atoms with Gasteiger partial charge in [0.2, 0.25) is 0 Å². The third kappa shape index (κ3) is 4.12. The Balaban J connectivity index is 1.72. The van der Waals surface area contributed by atoms with Gasteiger partial charge in [-0.05, 0) is 32.8 Å². The summed E-state index contributed by atoms with van der Waals surface area (Å²) in [5.41, 5.74) is 0.332. The van der Waals surface area contributed by atoms with Crippen LogP contribution in [0.4, 0.5) is 4.79 Å². The summed E-state index contributed by atoms with van der Waals surface area (Å²) in [4.78, 5) is 27.0. The molecule has 3 atom stereocenters. The lowest BCUT2D eigenvalue weighted by atomic mass is 9.96. The Labute approximate surface area is 148 Å². The first-order chi connectivity index (χ1) is 11.8. The number of piperidine rings is 1. The van der Waals surface area contributed by atoms with Gasteiger partial charge in [0.1, 0.15) is 18.2 Å². The smallest absolute Gasteiger partial charge is 0.411 e. The fraction of sp³-hybridized carbons (Fsp3) is 0.579. The SMILES string of the molecule is CC(C)(C)OC(=O)N1[C@H]2CNC[C@@H](C2)[C@H]1C(=O)OCc1ccccc1. The highest BCUT2D eigenvalue weighted by atomic mass is 16.6. The lowest BCUT2D eigenvalue weighted by Gasteiger charge is -2.31. The molecule has 0 radical (unpaired) electrons. The predicted octanol–water partition coefficient (Wildman–Crippen LogP) is 2.33. The van der Waals surface area contributed by atoms with E-state index < -0.39 is 17.7 Å². The molecule has 6 heteroatoms. The van der Waals surface area contributed by atoms with Crippen molar-refractivity contribution >= 4 is 12.1 Å². The second-order valence-corrected chi connectivity index (χ2v) is 7.73. The lowest BCUT2D eigenvalue weighted by Crippen LogP contribution is -2.49. The summed E-state index contributed by atoms with van der Waals surface area (Å²) < 4.78 is 11.0. The van der Waals surface area contributed by atoms with Gasteiger partial charge in [-0.1, -0.05) is 30.3 Å². The molecule has 1 aromatic rings. The number of likely N-dealkylation sites (tertiary alicyclic amines) is 1. The number of carbonyl (C=O) groups is 2. The maximum Gasteiger partial charge on any atom is 0.411 e. The van der Waals surface area contributed by atoms with Crippen molar-refractivity contribution in [1.29, 1.82) is 0 Å². The van der Waals surface area contributed by atoms with Crippen molar-refractivity contribution in [2.45, 2.75) is 51.5 Å². The second kappa shape index (κ2) is 7.04. The first kappa shape index (κ1) is 17.7. The van der Waals surface area contributed by atoms with Gasteiger partial charge in [0.05, 0.1) is 0 Å². The number of esters is 1. The number of carbonyl (C=O) groups excluding carboxylic acids is 2. The van der Waals surface area contributed by atoms with Crippen molar-refractivity contribution in [2.24, 2.45) is 5.92 Å². The van der Waals surface area contributed by atoms with E-state index in [2.05, 4.69) is 5.32 Å². The molecule has 25 heavy (non-hydrogen) atoms. The molecule has 0 saturated carbocycles. The van der Waals surface area contributed by atoms with Crippen LogP contribution in [0.25, 0.3) is 0 Å². The Morgan fingerprint density at radius 2 is 1.92 bits per heavy atom. The zero-order chi connectivity index (χ0) is 18.0. The summed E-state index contributed by atoms with van der Waals surface area (Å²) >= 11 is 0. The summed E-state index contributed by atoms with van der Waals surface area (Å²) in [6, 6.07) is 8.94. The van der Waals surface area contributed by atoms with E-state index in [0.29, 0.717) is 13.1 Å². The monoisotopic (exact) mass is 346 g/mol. The number of rotatable bonds is 3. The van der Waals surface area contributed by atoms with Crippen LogP contribution in [-0.2, 0) is 20.9 Å². The highest BCUT2D eigenvalue weighted by Crippen LogP contribution is 2.34. The molecule has 0 aliphatic carbocycles.